The summed E-state index contributed by atoms with van der Waals surface area (Å²) < 4.78 is 5.55. The fraction of sp³-hybridized carbons (Fsp3) is 0.714. The van der Waals surface area contributed by atoms with Gasteiger partial charge in [-0.05, 0) is 31.2 Å². The molecular formula is C14H19N3O2. The molecule has 0 bridgehead atoms. The fourth-order valence-corrected chi connectivity index (χ4v) is 3.47. The average Bonchev–Trinajstić information content (AvgIpc) is 3.04. The van der Waals surface area contributed by atoms with Gasteiger partial charge in [-0.3, -0.25) is 9.89 Å². The summed E-state index contributed by atoms with van der Waals surface area (Å²) in [7, 11) is 0. The van der Waals surface area contributed by atoms with Crippen LogP contribution in [0.15, 0.2) is 6.20 Å². The van der Waals surface area contributed by atoms with Crippen molar-refractivity contribution in [2.45, 2.75) is 37.6 Å². The monoisotopic (exact) mass is 261 g/mol. The molecule has 0 aromatic carbocycles. The van der Waals surface area contributed by atoms with Crippen molar-refractivity contribution in [1.29, 1.82) is 0 Å². The maximum absolute atomic E-state index is 12.8. The SMILES string of the molecule is O=C(C1CCc2cn[nH]c2C1)N1CCOCC12CC2. The van der Waals surface area contributed by atoms with Crippen LogP contribution in [0.2, 0.25) is 0 Å². The van der Waals surface area contributed by atoms with E-state index >= 15 is 0 Å². The summed E-state index contributed by atoms with van der Waals surface area (Å²) in [6.07, 6.45) is 6.87. The van der Waals surface area contributed by atoms with E-state index in [0.29, 0.717) is 12.5 Å². The van der Waals surface area contributed by atoms with Gasteiger partial charge in [0.2, 0.25) is 5.91 Å². The minimum absolute atomic E-state index is 0.0591. The normalized spacial score (nSPS) is 28.2. The number of nitrogens with zero attached hydrogens (tertiary/aromatic N) is 2. The lowest BCUT2D eigenvalue weighted by Crippen LogP contribution is -2.53. The predicted molar refractivity (Wildman–Crippen MR) is 68.6 cm³/mol. The number of amides is 1. The minimum Gasteiger partial charge on any atom is -0.377 e. The molecule has 1 aliphatic heterocycles. The topological polar surface area (TPSA) is 58.2 Å². The van der Waals surface area contributed by atoms with Crippen LogP contribution in [0.25, 0.3) is 0 Å². The van der Waals surface area contributed by atoms with Gasteiger partial charge in [0, 0.05) is 24.6 Å². The lowest BCUT2D eigenvalue weighted by atomic mass is 9.86. The van der Waals surface area contributed by atoms with Gasteiger partial charge in [-0.25, -0.2) is 0 Å². The number of aromatic amines is 1. The summed E-state index contributed by atoms with van der Waals surface area (Å²) in [6, 6.07) is 0. The molecule has 1 spiro atoms. The fourth-order valence-electron chi connectivity index (χ4n) is 3.47. The van der Waals surface area contributed by atoms with Gasteiger partial charge in [-0.2, -0.15) is 5.10 Å². The molecule has 5 heteroatoms. The molecule has 3 aliphatic rings. The highest BCUT2D eigenvalue weighted by Crippen LogP contribution is 2.44. The summed E-state index contributed by atoms with van der Waals surface area (Å²) in [6.45, 7) is 2.20. The average molecular weight is 261 g/mol. The molecule has 1 N–H and O–H groups in total. The number of nitrogens with one attached hydrogen (secondary N) is 1. The van der Waals surface area contributed by atoms with Crippen LogP contribution in [-0.2, 0) is 22.4 Å². The highest BCUT2D eigenvalue weighted by Gasteiger charge is 2.52. The molecule has 1 unspecified atom stereocenters. The second-order valence-corrected chi connectivity index (χ2v) is 6.08. The zero-order valence-electron chi connectivity index (χ0n) is 11.0. The summed E-state index contributed by atoms with van der Waals surface area (Å²) in [5.74, 6) is 0.463. The highest BCUT2D eigenvalue weighted by molar-refractivity contribution is 5.81. The van der Waals surface area contributed by atoms with Crippen LogP contribution in [0.1, 0.15) is 30.5 Å². The Morgan fingerprint density at radius 3 is 3.26 bits per heavy atom. The van der Waals surface area contributed by atoms with Gasteiger partial charge in [0.25, 0.3) is 0 Å². The van der Waals surface area contributed by atoms with Crippen molar-refractivity contribution < 1.29 is 9.53 Å². The molecule has 1 aromatic heterocycles. The molecular weight excluding hydrogens is 242 g/mol. The summed E-state index contributed by atoms with van der Waals surface area (Å²) in [4.78, 5) is 14.9. The number of carbonyl (C=O) groups is 1. The van der Waals surface area contributed by atoms with Gasteiger partial charge in [-0.1, -0.05) is 0 Å². The molecule has 1 aromatic rings. The molecule has 2 fully saturated rings. The molecule has 1 amide bonds. The number of aryl methyl sites for hydroxylation is 1. The van der Waals surface area contributed by atoms with Crippen molar-refractivity contribution in [3.8, 4) is 0 Å². The van der Waals surface area contributed by atoms with E-state index in [1.54, 1.807) is 0 Å². The summed E-state index contributed by atoms with van der Waals surface area (Å²) >= 11 is 0. The number of hydrogen-bond acceptors (Lipinski definition) is 3. The van der Waals surface area contributed by atoms with Crippen LogP contribution in [0.5, 0.6) is 0 Å². The van der Waals surface area contributed by atoms with Crippen molar-refractivity contribution in [2.75, 3.05) is 19.8 Å². The van der Waals surface area contributed by atoms with Crippen molar-refractivity contribution in [3.05, 3.63) is 17.5 Å². The van der Waals surface area contributed by atoms with E-state index in [4.69, 9.17) is 4.74 Å². The third-order valence-corrected chi connectivity index (χ3v) is 4.87. The Labute approximate surface area is 112 Å². The summed E-state index contributed by atoms with van der Waals surface area (Å²) in [5, 5.41) is 7.12. The largest absolute Gasteiger partial charge is 0.377 e. The zero-order chi connectivity index (χ0) is 12.9. The van der Waals surface area contributed by atoms with Crippen LogP contribution in [-0.4, -0.2) is 46.3 Å². The lowest BCUT2D eigenvalue weighted by Gasteiger charge is -2.39. The lowest BCUT2D eigenvalue weighted by molar-refractivity contribution is -0.146. The Morgan fingerprint density at radius 1 is 1.53 bits per heavy atom. The Balaban J connectivity index is 1.52. The molecule has 19 heavy (non-hydrogen) atoms. The van der Waals surface area contributed by atoms with Crippen LogP contribution in [0.3, 0.4) is 0 Å². The Bertz CT molecular complexity index is 507. The van der Waals surface area contributed by atoms with Gasteiger partial charge in [-0.15, -0.1) is 0 Å². The van der Waals surface area contributed by atoms with E-state index < -0.39 is 0 Å². The van der Waals surface area contributed by atoms with Crippen molar-refractivity contribution in [3.63, 3.8) is 0 Å². The zero-order valence-corrected chi connectivity index (χ0v) is 11.0. The van der Waals surface area contributed by atoms with Crippen LogP contribution < -0.4 is 0 Å². The number of H-pyrrole nitrogens is 1. The number of aromatic nitrogens is 2. The third kappa shape index (κ3) is 1.79. The van der Waals surface area contributed by atoms with Gasteiger partial charge in [0.05, 0.1) is 24.9 Å². The van der Waals surface area contributed by atoms with Gasteiger partial charge < -0.3 is 9.64 Å². The van der Waals surface area contributed by atoms with E-state index in [1.807, 2.05) is 6.20 Å². The smallest absolute Gasteiger partial charge is 0.226 e. The summed E-state index contributed by atoms with van der Waals surface area (Å²) in [5.41, 5.74) is 2.50. The Kier molecular flexibility index (Phi) is 2.45. The molecule has 1 atom stereocenters. The second kappa shape index (κ2) is 4.07. The van der Waals surface area contributed by atoms with Crippen LogP contribution in [0, 0.1) is 5.92 Å². The first kappa shape index (κ1) is 11.5. The molecule has 5 nitrogen and oxygen atoms in total. The first-order valence-electron chi connectivity index (χ1n) is 7.19. The number of fused-ring (bicyclic) bond motifs is 1. The number of hydrogen-bond donors (Lipinski definition) is 1. The molecule has 2 heterocycles. The van der Waals surface area contributed by atoms with Gasteiger partial charge >= 0.3 is 0 Å². The standard InChI is InChI=1S/C14H19N3O2/c18-13(17-5-6-19-9-14(17)3-4-14)10-1-2-11-8-15-16-12(11)7-10/h8,10H,1-7,9H2,(H,15,16). The van der Waals surface area contributed by atoms with E-state index in [-0.39, 0.29) is 11.5 Å². The molecule has 1 saturated carbocycles. The van der Waals surface area contributed by atoms with E-state index in [0.717, 1.165) is 50.9 Å². The van der Waals surface area contributed by atoms with Crippen molar-refractivity contribution >= 4 is 5.91 Å². The first-order chi connectivity index (χ1) is 9.28. The predicted octanol–water partition coefficient (Wildman–Crippen LogP) is 0.906. The molecule has 2 aliphatic carbocycles. The van der Waals surface area contributed by atoms with E-state index in [2.05, 4.69) is 15.1 Å². The van der Waals surface area contributed by atoms with Crippen molar-refractivity contribution in [1.82, 2.24) is 15.1 Å². The first-order valence-corrected chi connectivity index (χ1v) is 7.19. The van der Waals surface area contributed by atoms with Gasteiger partial charge in [0.1, 0.15) is 0 Å². The second-order valence-electron chi connectivity index (χ2n) is 6.08. The number of ether oxygens (including phenoxy) is 1. The molecule has 1 saturated heterocycles. The molecule has 4 rings (SSSR count). The van der Waals surface area contributed by atoms with Gasteiger partial charge in [0.15, 0.2) is 0 Å². The highest BCUT2D eigenvalue weighted by atomic mass is 16.5. The maximum Gasteiger partial charge on any atom is 0.226 e. The third-order valence-electron chi connectivity index (χ3n) is 4.87. The number of carbonyl (C=O) groups excluding carboxylic acids is 1. The molecule has 0 radical (unpaired) electrons. The Hall–Kier alpha value is -1.36. The quantitative estimate of drug-likeness (QED) is 0.817. The van der Waals surface area contributed by atoms with Crippen LogP contribution in [0.4, 0.5) is 0 Å². The Morgan fingerprint density at radius 2 is 2.42 bits per heavy atom. The van der Waals surface area contributed by atoms with E-state index in [9.17, 15) is 4.79 Å². The number of rotatable bonds is 1. The minimum atomic E-state index is 0.0591. The van der Waals surface area contributed by atoms with Crippen molar-refractivity contribution in [2.24, 2.45) is 5.92 Å². The number of morpholine rings is 1. The van der Waals surface area contributed by atoms with Crippen LogP contribution >= 0.6 is 0 Å². The van der Waals surface area contributed by atoms with E-state index in [1.165, 1.54) is 5.56 Å². The maximum atomic E-state index is 12.8. The molecule has 102 valence electrons.